The molecule has 0 N–H and O–H groups in total. The summed E-state index contributed by atoms with van der Waals surface area (Å²) in [6.45, 7) is 0. The number of nitrogens with zero attached hydrogens (tertiary/aromatic N) is 7. The van der Waals surface area contributed by atoms with Crippen LogP contribution in [-0.4, -0.2) is 33.6 Å². The highest BCUT2D eigenvalue weighted by molar-refractivity contribution is 7.88. The van der Waals surface area contributed by atoms with Gasteiger partial charge in [0.25, 0.3) is 0 Å². The summed E-state index contributed by atoms with van der Waals surface area (Å²) in [5.41, 5.74) is 26.8. The molecule has 25 aromatic rings. The summed E-state index contributed by atoms with van der Waals surface area (Å²) >= 11 is 0. The molecule has 10 nitrogen and oxygen atoms in total. The van der Waals surface area contributed by atoms with Gasteiger partial charge in [-0.2, -0.15) is 0 Å². The smallest absolute Gasteiger partial charge is 0.172 e. The van der Waals surface area contributed by atoms with E-state index in [1.165, 1.54) is 5.56 Å². The quantitative estimate of drug-likeness (QED) is 0.125. The fourth-order valence-corrected chi connectivity index (χ4v) is 31.4. The van der Waals surface area contributed by atoms with Crippen molar-refractivity contribution in [1.29, 1.82) is 0 Å². The Morgan fingerprint density at radius 3 is 1.03 bits per heavy atom. The van der Waals surface area contributed by atoms with Crippen molar-refractivity contribution < 1.29 is 13.7 Å². The summed E-state index contributed by atoms with van der Waals surface area (Å²) in [5.74, 6) is 0.701. The topological polar surface area (TPSA) is 118 Å². The normalized spacial score (nSPS) is 15.4. The molecule has 0 spiro atoms. The van der Waals surface area contributed by atoms with Crippen molar-refractivity contribution in [3.05, 3.63) is 474 Å². The van der Waals surface area contributed by atoms with Crippen LogP contribution in [0.15, 0.2) is 474 Å². The first-order valence-corrected chi connectivity index (χ1v) is 50.6. The fourth-order valence-electron chi connectivity index (χ4n) is 21.5. The van der Waals surface area contributed by atoms with Gasteiger partial charge >= 0.3 is 0 Å². The van der Waals surface area contributed by atoms with Crippen LogP contribution in [0.4, 0.5) is 0 Å². The van der Waals surface area contributed by atoms with E-state index in [4.69, 9.17) is 4.98 Å². The van der Waals surface area contributed by atoms with E-state index in [0.29, 0.717) is 5.82 Å². The van der Waals surface area contributed by atoms with Crippen LogP contribution in [0.2, 0.25) is 0 Å². The first-order valence-electron chi connectivity index (χ1n) is 45.4. The lowest BCUT2D eigenvalue weighted by atomic mass is 9.99. The lowest BCUT2D eigenvalue weighted by Gasteiger charge is -2.17. The number of rotatable bonds is 10. The molecule has 3 aliphatic heterocycles. The first-order chi connectivity index (χ1) is 66.6. The van der Waals surface area contributed by atoms with Gasteiger partial charge in [0.05, 0.1) is 49.7 Å². The van der Waals surface area contributed by atoms with Crippen LogP contribution in [-0.2, 0) is 13.7 Å². The molecule has 135 heavy (non-hydrogen) atoms. The minimum absolute atomic E-state index is 0.701. The summed E-state index contributed by atoms with van der Waals surface area (Å²) < 4.78 is 53.6. The van der Waals surface area contributed by atoms with Crippen molar-refractivity contribution in [2.45, 2.75) is 0 Å². The number of aromatic nitrogens is 7. The lowest BCUT2D eigenvalue weighted by molar-refractivity contribution is 0.592. The van der Waals surface area contributed by atoms with Crippen molar-refractivity contribution in [1.82, 2.24) is 33.6 Å². The second-order valence-electron chi connectivity index (χ2n) is 34.8. The summed E-state index contributed by atoms with van der Waals surface area (Å²) in [6.07, 6.45) is 5.57. The van der Waals surface area contributed by atoms with E-state index < -0.39 is 21.4 Å². The average molecular weight is 1780 g/mol. The Hall–Kier alpha value is -16.6. The predicted octanol–water partition coefficient (Wildman–Crippen LogP) is 26.9. The average Bonchev–Trinajstić information content (AvgIpc) is 1.54. The standard InChI is InChI=1S/C45H29N2OP.C39H25N2OP.C38H24N3OP/c48-49(36-10-2-1-3-11-36)43-15-7-5-12-37(43)38-26-27-42-44(45(38)49)39-13-4-6-14-41(39)47(42)35-24-22-31(23-25-35)30-16-18-32(19-17-30)34-21-20-33-9-8-28-46-40(33)29-34;42-43(29-12-2-1-3-13-29)36-18-7-5-14-31(36)32-23-24-35-37(39(32)43)33-15-4-6-17-34(33)41(35)28-21-19-26(20-22-28)30-16-8-10-27-11-9-25-40-38(27)30;42-43(28-11-2-1-3-12-28)35-17-9-6-13-29(35)30-22-23-34-36(37(30)43)31-14-5-8-16-33(31)41(34)27-20-18-25(19-21-27)38-39-24-26-10-4-7-15-32(26)40-38/h1-29H;1-25H;1-24H. The maximum atomic E-state index is 15.6. The molecular formula is C122H78N7O3P3. The Bertz CT molecular complexity index is 9330. The third-order valence-corrected chi connectivity index (χ3v) is 37.1. The third-order valence-electron chi connectivity index (χ3n) is 27.6. The van der Waals surface area contributed by atoms with Gasteiger partial charge in [0, 0.05) is 143 Å². The fraction of sp³-hybridized carbons (Fsp3) is 0. The van der Waals surface area contributed by atoms with Gasteiger partial charge in [0.1, 0.15) is 0 Å². The van der Waals surface area contributed by atoms with Crippen molar-refractivity contribution >= 4 is 167 Å². The van der Waals surface area contributed by atoms with Gasteiger partial charge in [-0.25, -0.2) is 9.97 Å². The zero-order chi connectivity index (χ0) is 89.6. The van der Waals surface area contributed by atoms with E-state index in [1.54, 1.807) is 0 Å². The predicted molar refractivity (Wildman–Crippen MR) is 563 cm³/mol. The molecule has 0 radical (unpaired) electrons. The van der Waals surface area contributed by atoms with Crippen LogP contribution >= 0.6 is 21.4 Å². The van der Waals surface area contributed by atoms with Gasteiger partial charge in [-0.1, -0.05) is 346 Å². The molecule has 13 heteroatoms. The number of benzene rings is 19. The SMILES string of the molecule is O=P1(c2ccccc2)c2ccccc2-c2ccc3c(c21)c1ccccc1n3-c1ccc(-c2ccc(-c3ccc4cccnc4c3)cc2)cc1.O=P1(c2ccccc2)c2ccccc2-c2ccc3c(c21)c1ccccc1n3-c1ccc(-c2cccc3cccnc23)cc1.O=P1(c2ccccc2)c2ccccc2-c2ccc3c(c21)c1ccccc1n3-c1ccc(-c2ncc3ccccc3n2)cc1. The Balaban J connectivity index is 0.000000106. The van der Waals surface area contributed by atoms with Crippen molar-refractivity contribution in [2.24, 2.45) is 0 Å². The van der Waals surface area contributed by atoms with Crippen molar-refractivity contribution in [3.8, 4) is 95.2 Å². The number of para-hydroxylation sites is 5. The second-order valence-corrected chi connectivity index (χ2v) is 42.8. The van der Waals surface area contributed by atoms with E-state index >= 15 is 13.7 Å². The molecule has 3 aliphatic rings. The van der Waals surface area contributed by atoms with E-state index in [2.05, 4.69) is 314 Å². The Labute approximate surface area is 777 Å². The minimum Gasteiger partial charge on any atom is -0.309 e. The molecule has 0 saturated carbocycles. The van der Waals surface area contributed by atoms with Crippen LogP contribution in [0.3, 0.4) is 0 Å². The van der Waals surface area contributed by atoms with Crippen molar-refractivity contribution in [2.75, 3.05) is 0 Å². The van der Waals surface area contributed by atoms with Crippen molar-refractivity contribution in [3.63, 3.8) is 0 Å². The molecule has 634 valence electrons. The molecule has 28 rings (SSSR count). The second kappa shape index (κ2) is 31.6. The summed E-state index contributed by atoms with van der Waals surface area (Å²) in [6, 6.07) is 157. The molecule has 19 aromatic carbocycles. The largest absolute Gasteiger partial charge is 0.309 e. The molecule has 0 aliphatic carbocycles. The maximum absolute atomic E-state index is 15.6. The first kappa shape index (κ1) is 79.4. The van der Waals surface area contributed by atoms with Crippen LogP contribution < -0.4 is 47.7 Å². The molecule has 9 heterocycles. The zero-order valence-electron chi connectivity index (χ0n) is 72.7. The molecule has 3 unspecified atom stereocenters. The van der Waals surface area contributed by atoms with E-state index in [9.17, 15) is 0 Å². The number of fused-ring (bicyclic) bond motifs is 24. The Morgan fingerprint density at radius 2 is 0.563 bits per heavy atom. The monoisotopic (exact) mass is 1780 g/mol. The van der Waals surface area contributed by atoms with Gasteiger partial charge in [-0.05, 0) is 170 Å². The summed E-state index contributed by atoms with van der Waals surface area (Å²) in [4.78, 5) is 18.6. The lowest BCUT2D eigenvalue weighted by Crippen LogP contribution is -2.21. The zero-order valence-corrected chi connectivity index (χ0v) is 75.4. The van der Waals surface area contributed by atoms with E-state index in [0.717, 1.165) is 230 Å². The highest BCUT2D eigenvalue weighted by Gasteiger charge is 2.46. The Morgan fingerprint density at radius 1 is 0.215 bits per heavy atom. The van der Waals surface area contributed by atoms with Crippen LogP contribution in [0.1, 0.15) is 0 Å². The van der Waals surface area contributed by atoms with Gasteiger partial charge in [-0.3, -0.25) is 9.97 Å². The van der Waals surface area contributed by atoms with Crippen LogP contribution in [0.5, 0.6) is 0 Å². The Kier molecular flexibility index (Phi) is 18.6. The van der Waals surface area contributed by atoms with Gasteiger partial charge in [-0.15, -0.1) is 0 Å². The van der Waals surface area contributed by atoms with Gasteiger partial charge < -0.3 is 27.4 Å². The van der Waals surface area contributed by atoms with E-state index in [-0.39, 0.29) is 0 Å². The summed E-state index contributed by atoms with van der Waals surface area (Å²) in [5, 5.41) is 18.0. The highest BCUT2D eigenvalue weighted by Crippen LogP contribution is 2.59. The molecule has 0 bridgehead atoms. The number of hydrogen-bond donors (Lipinski definition) is 0. The highest BCUT2D eigenvalue weighted by atomic mass is 31.2. The van der Waals surface area contributed by atoms with Gasteiger partial charge in [0.2, 0.25) is 0 Å². The minimum atomic E-state index is -3.13. The van der Waals surface area contributed by atoms with Crippen LogP contribution in [0, 0.1) is 0 Å². The number of pyridine rings is 2. The molecule has 0 fully saturated rings. The van der Waals surface area contributed by atoms with E-state index in [1.807, 2.05) is 188 Å². The molecule has 0 saturated heterocycles. The molecular weight excluding hydrogens is 1700 g/mol. The van der Waals surface area contributed by atoms with Gasteiger partial charge in [0.15, 0.2) is 27.3 Å². The molecule has 6 aromatic heterocycles. The van der Waals surface area contributed by atoms with Crippen LogP contribution in [0.25, 0.3) is 193 Å². The molecule has 3 atom stereocenters. The third kappa shape index (κ3) is 12.4. The molecule has 0 amide bonds. The number of hydrogen-bond acceptors (Lipinski definition) is 7. The summed E-state index contributed by atoms with van der Waals surface area (Å²) in [7, 11) is -9.38. The maximum Gasteiger partial charge on any atom is 0.172 e.